The van der Waals surface area contributed by atoms with Crippen molar-refractivity contribution >= 4 is 12.0 Å². The Morgan fingerprint density at radius 3 is 2.71 bits per heavy atom. The Morgan fingerprint density at radius 2 is 2.24 bits per heavy atom. The van der Waals surface area contributed by atoms with E-state index < -0.39 is 24.6 Å². The van der Waals surface area contributed by atoms with Crippen molar-refractivity contribution < 1.29 is 19.8 Å². The number of carbonyl (C=O) groups is 2. The molecular weight excluding hydrogens is 226 g/mol. The van der Waals surface area contributed by atoms with Gasteiger partial charge >= 0.3 is 12.0 Å². The fourth-order valence-electron chi connectivity index (χ4n) is 1.84. The van der Waals surface area contributed by atoms with Gasteiger partial charge in [-0.2, -0.15) is 0 Å². The number of rotatable bonds is 5. The van der Waals surface area contributed by atoms with Gasteiger partial charge < -0.3 is 25.7 Å². The second kappa shape index (κ2) is 6.41. The molecule has 7 heteroatoms. The summed E-state index contributed by atoms with van der Waals surface area (Å²) in [4.78, 5) is 24.1. The molecule has 1 saturated heterocycles. The van der Waals surface area contributed by atoms with Crippen molar-refractivity contribution in [2.24, 2.45) is 0 Å². The highest BCUT2D eigenvalue weighted by atomic mass is 16.4. The number of aliphatic hydroxyl groups is 1. The first-order valence-electron chi connectivity index (χ1n) is 5.63. The molecule has 1 rings (SSSR count). The number of aliphatic carboxylic acids is 1. The van der Waals surface area contributed by atoms with Crippen molar-refractivity contribution in [1.29, 1.82) is 0 Å². The molecule has 0 spiro atoms. The molecule has 2 unspecified atom stereocenters. The van der Waals surface area contributed by atoms with Crippen molar-refractivity contribution in [3.8, 4) is 0 Å². The molecule has 1 aliphatic rings. The van der Waals surface area contributed by atoms with E-state index in [-0.39, 0.29) is 0 Å². The monoisotopic (exact) mass is 245 g/mol. The van der Waals surface area contributed by atoms with E-state index in [1.165, 1.54) is 0 Å². The molecule has 1 aliphatic heterocycles. The molecule has 0 aromatic heterocycles. The minimum absolute atomic E-state index is 0.304. The maximum Gasteiger partial charge on any atom is 0.328 e. The molecule has 2 atom stereocenters. The lowest BCUT2D eigenvalue weighted by Crippen LogP contribution is -2.50. The number of likely N-dealkylation sites (N-methyl/N-ethyl adjacent to an activating group) is 1. The number of carboxylic acids is 1. The lowest BCUT2D eigenvalue weighted by Gasteiger charge is -2.20. The summed E-state index contributed by atoms with van der Waals surface area (Å²) >= 11 is 0. The first-order valence-corrected chi connectivity index (χ1v) is 5.63. The van der Waals surface area contributed by atoms with Gasteiger partial charge in [0, 0.05) is 12.6 Å². The second-order valence-corrected chi connectivity index (χ2v) is 4.20. The predicted octanol–water partition coefficient (Wildman–Crippen LogP) is -1.17. The van der Waals surface area contributed by atoms with Crippen molar-refractivity contribution in [3.63, 3.8) is 0 Å². The van der Waals surface area contributed by atoms with E-state index >= 15 is 0 Å². The molecule has 0 aromatic rings. The average Bonchev–Trinajstić information content (AvgIpc) is 2.68. The molecule has 0 radical (unpaired) electrons. The van der Waals surface area contributed by atoms with Crippen LogP contribution < -0.4 is 10.6 Å². The highest BCUT2D eigenvalue weighted by Gasteiger charge is 2.22. The molecule has 0 aromatic carbocycles. The van der Waals surface area contributed by atoms with Crippen LogP contribution in [0.2, 0.25) is 0 Å². The van der Waals surface area contributed by atoms with E-state index in [0.717, 1.165) is 19.4 Å². The van der Waals surface area contributed by atoms with Crippen LogP contribution in [0.3, 0.4) is 0 Å². The molecule has 2 amide bonds. The van der Waals surface area contributed by atoms with Crippen LogP contribution in [-0.2, 0) is 4.79 Å². The van der Waals surface area contributed by atoms with E-state index in [4.69, 9.17) is 10.2 Å². The summed E-state index contributed by atoms with van der Waals surface area (Å²) in [5.41, 5.74) is 0. The normalized spacial score (nSPS) is 22.1. The van der Waals surface area contributed by atoms with Gasteiger partial charge in [-0.15, -0.1) is 0 Å². The van der Waals surface area contributed by atoms with Gasteiger partial charge in [0.05, 0.1) is 6.61 Å². The van der Waals surface area contributed by atoms with E-state index in [0.29, 0.717) is 12.6 Å². The Kier molecular flexibility index (Phi) is 5.17. The quantitative estimate of drug-likeness (QED) is 0.488. The smallest absolute Gasteiger partial charge is 0.328 e. The Hall–Kier alpha value is -1.34. The molecular formula is C10H19N3O4. The number of carboxylic acid groups (broad SMARTS) is 1. The molecule has 0 saturated carbocycles. The minimum Gasteiger partial charge on any atom is -0.480 e. The molecule has 17 heavy (non-hydrogen) atoms. The number of amides is 2. The predicted molar refractivity (Wildman–Crippen MR) is 60.7 cm³/mol. The number of urea groups is 1. The number of aliphatic hydroxyl groups excluding tert-OH is 1. The summed E-state index contributed by atoms with van der Waals surface area (Å²) in [5, 5.41) is 22.2. The lowest BCUT2D eigenvalue weighted by molar-refractivity contribution is -0.140. The number of hydrogen-bond acceptors (Lipinski definition) is 4. The number of hydrogen-bond donors (Lipinski definition) is 4. The summed E-state index contributed by atoms with van der Waals surface area (Å²) in [7, 11) is 1.99. The number of nitrogens with zero attached hydrogens (tertiary/aromatic N) is 1. The molecule has 98 valence electrons. The van der Waals surface area contributed by atoms with Crippen molar-refractivity contribution in [2.75, 3.05) is 26.7 Å². The molecule has 0 bridgehead atoms. The first-order chi connectivity index (χ1) is 8.04. The third-order valence-electron chi connectivity index (χ3n) is 2.96. The molecule has 4 N–H and O–H groups in total. The summed E-state index contributed by atoms with van der Waals surface area (Å²) in [6.45, 7) is 0.883. The van der Waals surface area contributed by atoms with Crippen LogP contribution in [0.1, 0.15) is 12.8 Å². The zero-order chi connectivity index (χ0) is 12.8. The van der Waals surface area contributed by atoms with Crippen molar-refractivity contribution in [2.45, 2.75) is 24.9 Å². The van der Waals surface area contributed by atoms with E-state index in [1.807, 2.05) is 7.05 Å². The second-order valence-electron chi connectivity index (χ2n) is 4.20. The Morgan fingerprint density at radius 1 is 1.53 bits per heavy atom. The third-order valence-corrected chi connectivity index (χ3v) is 2.96. The molecule has 0 aliphatic carbocycles. The van der Waals surface area contributed by atoms with Crippen LogP contribution in [0.15, 0.2) is 0 Å². The lowest BCUT2D eigenvalue weighted by atomic mass is 10.2. The summed E-state index contributed by atoms with van der Waals surface area (Å²) in [5.74, 6) is -1.25. The fourth-order valence-corrected chi connectivity index (χ4v) is 1.84. The van der Waals surface area contributed by atoms with Gasteiger partial charge in [0.2, 0.25) is 0 Å². The standard InChI is InChI=1S/C10H19N3O4/c1-13-4-2-3-7(13)5-11-10(17)12-8(6-14)9(15)16/h7-8,14H,2-6H2,1H3,(H,15,16)(H2,11,12,17). The van der Waals surface area contributed by atoms with Gasteiger partial charge in [0.15, 0.2) is 6.04 Å². The van der Waals surface area contributed by atoms with Crippen molar-refractivity contribution in [3.05, 3.63) is 0 Å². The van der Waals surface area contributed by atoms with Gasteiger partial charge in [0.1, 0.15) is 0 Å². The van der Waals surface area contributed by atoms with Gasteiger partial charge in [-0.05, 0) is 26.4 Å². The van der Waals surface area contributed by atoms with Crippen LogP contribution in [-0.4, -0.2) is 65.9 Å². The van der Waals surface area contributed by atoms with Crippen LogP contribution >= 0.6 is 0 Å². The first kappa shape index (κ1) is 13.7. The Labute approximate surface area is 99.8 Å². The maximum absolute atomic E-state index is 11.4. The van der Waals surface area contributed by atoms with Gasteiger partial charge in [-0.25, -0.2) is 9.59 Å². The van der Waals surface area contributed by atoms with Crippen LogP contribution in [0, 0.1) is 0 Å². The number of likely N-dealkylation sites (tertiary alicyclic amines) is 1. The van der Waals surface area contributed by atoms with Gasteiger partial charge in [-0.1, -0.05) is 0 Å². The van der Waals surface area contributed by atoms with Gasteiger partial charge in [0.25, 0.3) is 0 Å². The van der Waals surface area contributed by atoms with Crippen LogP contribution in [0.5, 0.6) is 0 Å². The highest BCUT2D eigenvalue weighted by Crippen LogP contribution is 2.13. The molecule has 1 heterocycles. The van der Waals surface area contributed by atoms with Crippen molar-refractivity contribution in [1.82, 2.24) is 15.5 Å². The summed E-state index contributed by atoms with van der Waals surface area (Å²) in [6, 6.07) is -1.51. The summed E-state index contributed by atoms with van der Waals surface area (Å²) in [6.07, 6.45) is 2.14. The number of carbonyl (C=O) groups excluding carboxylic acids is 1. The minimum atomic E-state index is -1.25. The Bertz CT molecular complexity index is 285. The molecule has 7 nitrogen and oxygen atoms in total. The topological polar surface area (TPSA) is 102 Å². The Balaban J connectivity index is 2.27. The zero-order valence-electron chi connectivity index (χ0n) is 9.85. The van der Waals surface area contributed by atoms with E-state index in [2.05, 4.69) is 15.5 Å². The maximum atomic E-state index is 11.4. The SMILES string of the molecule is CN1CCCC1CNC(=O)NC(CO)C(=O)O. The summed E-state index contributed by atoms with van der Waals surface area (Å²) < 4.78 is 0. The van der Waals surface area contributed by atoms with Crippen LogP contribution in [0.4, 0.5) is 4.79 Å². The van der Waals surface area contributed by atoms with E-state index in [9.17, 15) is 9.59 Å². The molecule has 1 fully saturated rings. The third kappa shape index (κ3) is 4.20. The van der Waals surface area contributed by atoms with E-state index in [1.54, 1.807) is 0 Å². The largest absolute Gasteiger partial charge is 0.480 e. The average molecular weight is 245 g/mol. The zero-order valence-corrected chi connectivity index (χ0v) is 9.85. The van der Waals surface area contributed by atoms with Crippen LogP contribution in [0.25, 0.3) is 0 Å². The fraction of sp³-hybridized carbons (Fsp3) is 0.800. The van der Waals surface area contributed by atoms with Gasteiger partial charge in [-0.3, -0.25) is 0 Å². The number of nitrogens with one attached hydrogen (secondary N) is 2. The highest BCUT2D eigenvalue weighted by molar-refractivity contribution is 5.82.